The highest BCUT2D eigenvalue weighted by Gasteiger charge is 2.24. The maximum Gasteiger partial charge on any atom is 0.257 e. The molecule has 0 bridgehead atoms. The molecule has 1 saturated heterocycles. The van der Waals surface area contributed by atoms with Gasteiger partial charge in [-0.05, 0) is 44.0 Å². The number of pyridine rings is 2. The van der Waals surface area contributed by atoms with Crippen molar-refractivity contribution in [2.75, 3.05) is 18.4 Å². The van der Waals surface area contributed by atoms with Gasteiger partial charge in [0.05, 0.1) is 22.0 Å². The summed E-state index contributed by atoms with van der Waals surface area (Å²) in [5.74, 6) is -0.684. The van der Waals surface area contributed by atoms with Crippen LogP contribution in [0.1, 0.15) is 28.9 Å². The smallest absolute Gasteiger partial charge is 0.257 e. The van der Waals surface area contributed by atoms with Gasteiger partial charge in [-0.25, -0.2) is 14.4 Å². The molecule has 1 N–H and O–H groups in total. The van der Waals surface area contributed by atoms with E-state index in [9.17, 15) is 9.18 Å². The zero-order valence-electron chi connectivity index (χ0n) is 15.2. The number of halogens is 3. The van der Waals surface area contributed by atoms with E-state index in [0.717, 1.165) is 18.5 Å². The van der Waals surface area contributed by atoms with Gasteiger partial charge in [0.25, 0.3) is 5.91 Å². The van der Waals surface area contributed by atoms with Gasteiger partial charge in [0.1, 0.15) is 0 Å². The molecule has 1 aliphatic rings. The van der Waals surface area contributed by atoms with Crippen molar-refractivity contribution < 1.29 is 9.18 Å². The molecule has 4 rings (SSSR count). The van der Waals surface area contributed by atoms with Crippen LogP contribution in [0, 0.1) is 12.7 Å². The summed E-state index contributed by atoms with van der Waals surface area (Å²) in [6.07, 6.45) is 3.48. The minimum Gasteiger partial charge on any atom is -0.352 e. The van der Waals surface area contributed by atoms with Crippen molar-refractivity contribution in [1.29, 1.82) is 0 Å². The average molecular weight is 421 g/mol. The van der Waals surface area contributed by atoms with Crippen LogP contribution in [0.4, 0.5) is 15.8 Å². The van der Waals surface area contributed by atoms with Crippen molar-refractivity contribution in [3.8, 4) is 0 Å². The zero-order valence-corrected chi connectivity index (χ0v) is 16.8. The highest BCUT2D eigenvalue weighted by Crippen LogP contribution is 2.32. The first-order valence-electron chi connectivity index (χ1n) is 8.81. The molecule has 0 aliphatic carbocycles. The maximum atomic E-state index is 14.5. The van der Waals surface area contributed by atoms with Crippen LogP contribution < -0.4 is 5.32 Å². The van der Waals surface area contributed by atoms with Crippen molar-refractivity contribution >= 4 is 52.3 Å². The number of amides is 1. The summed E-state index contributed by atoms with van der Waals surface area (Å²) in [5.41, 5.74) is 2.40. The fourth-order valence-electron chi connectivity index (χ4n) is 3.29. The highest BCUT2D eigenvalue weighted by atomic mass is 35.5. The number of benzene rings is 1. The Labute approximate surface area is 173 Å². The van der Waals surface area contributed by atoms with Gasteiger partial charge in [0.15, 0.2) is 11.5 Å². The lowest BCUT2D eigenvalue weighted by molar-refractivity contribution is 0.0793. The number of carbonyl (C=O) groups is 1. The second-order valence-electron chi connectivity index (χ2n) is 6.60. The molecule has 3 heterocycles. The third-order valence-corrected chi connectivity index (χ3v) is 5.00. The molecule has 0 atom stereocenters. The molecule has 1 aromatic carbocycles. The normalized spacial score (nSPS) is 13.5. The predicted molar refractivity (Wildman–Crippen MR) is 111 cm³/mol. The molecule has 1 aliphatic heterocycles. The standard InChI is InChI=1S/C20H18ClFN4O.ClH/c1-12-7-8-13-18(25-16-6-4-5-15(21)17(16)22)14(11-23-19(13)24-12)20(27)26-9-2-3-10-26;/h4-8,11H,2-3,9-10H2,1H3,(H,23,24,25);1H. The summed E-state index contributed by atoms with van der Waals surface area (Å²) >= 11 is 5.91. The summed E-state index contributed by atoms with van der Waals surface area (Å²) in [6, 6.07) is 8.40. The fourth-order valence-corrected chi connectivity index (χ4v) is 3.47. The Bertz CT molecular complexity index is 1040. The van der Waals surface area contributed by atoms with Gasteiger partial charge < -0.3 is 10.2 Å². The van der Waals surface area contributed by atoms with E-state index in [-0.39, 0.29) is 29.0 Å². The van der Waals surface area contributed by atoms with Crippen LogP contribution in [0.15, 0.2) is 36.5 Å². The van der Waals surface area contributed by atoms with Crippen LogP contribution in [-0.4, -0.2) is 33.9 Å². The van der Waals surface area contributed by atoms with Gasteiger partial charge >= 0.3 is 0 Å². The molecule has 146 valence electrons. The topological polar surface area (TPSA) is 58.1 Å². The van der Waals surface area contributed by atoms with Crippen LogP contribution in [0.2, 0.25) is 5.02 Å². The Kier molecular flexibility index (Phi) is 6.01. The molecule has 3 aromatic rings. The van der Waals surface area contributed by atoms with Gasteiger partial charge in [-0.3, -0.25) is 4.79 Å². The minimum absolute atomic E-state index is 0. The third-order valence-electron chi connectivity index (χ3n) is 4.70. The van der Waals surface area contributed by atoms with Gasteiger partial charge in [0, 0.05) is 30.4 Å². The highest BCUT2D eigenvalue weighted by molar-refractivity contribution is 6.31. The van der Waals surface area contributed by atoms with Crippen molar-refractivity contribution in [2.24, 2.45) is 0 Å². The van der Waals surface area contributed by atoms with E-state index in [2.05, 4.69) is 15.3 Å². The van der Waals surface area contributed by atoms with Crippen LogP contribution in [0.5, 0.6) is 0 Å². The Balaban J connectivity index is 0.00000225. The molecule has 0 saturated carbocycles. The van der Waals surface area contributed by atoms with E-state index in [1.807, 2.05) is 19.1 Å². The number of nitrogens with one attached hydrogen (secondary N) is 1. The number of hydrogen-bond acceptors (Lipinski definition) is 4. The quantitative estimate of drug-likeness (QED) is 0.637. The van der Waals surface area contributed by atoms with Crippen molar-refractivity contribution in [3.63, 3.8) is 0 Å². The van der Waals surface area contributed by atoms with E-state index in [4.69, 9.17) is 11.6 Å². The number of anilines is 2. The first kappa shape index (κ1) is 20.3. The van der Waals surface area contributed by atoms with Crippen LogP contribution in [-0.2, 0) is 0 Å². The molecule has 0 spiro atoms. The molecule has 1 amide bonds. The first-order chi connectivity index (χ1) is 13.0. The van der Waals surface area contributed by atoms with E-state index in [0.29, 0.717) is 35.4 Å². The van der Waals surface area contributed by atoms with Gasteiger partial charge in [0.2, 0.25) is 0 Å². The lowest BCUT2D eigenvalue weighted by Crippen LogP contribution is -2.28. The molecule has 2 aromatic heterocycles. The minimum atomic E-state index is -0.566. The summed E-state index contributed by atoms with van der Waals surface area (Å²) in [7, 11) is 0. The molecule has 0 unspecified atom stereocenters. The molecule has 1 fully saturated rings. The largest absolute Gasteiger partial charge is 0.352 e. The number of rotatable bonds is 3. The zero-order chi connectivity index (χ0) is 19.0. The van der Waals surface area contributed by atoms with Crippen molar-refractivity contribution in [3.05, 3.63) is 58.6 Å². The molecule has 5 nitrogen and oxygen atoms in total. The van der Waals surface area contributed by atoms with Gasteiger partial charge in [-0.2, -0.15) is 0 Å². The second kappa shape index (κ2) is 8.29. The Morgan fingerprint density at radius 3 is 2.71 bits per heavy atom. The molecule has 0 radical (unpaired) electrons. The summed E-state index contributed by atoms with van der Waals surface area (Å²) < 4.78 is 14.5. The maximum absolute atomic E-state index is 14.5. The molecular formula is C20H19Cl2FN4O. The van der Waals surface area contributed by atoms with E-state index < -0.39 is 5.82 Å². The molecular weight excluding hydrogens is 402 g/mol. The molecule has 28 heavy (non-hydrogen) atoms. The Hall–Kier alpha value is -2.44. The molecule has 8 heteroatoms. The number of hydrogen-bond donors (Lipinski definition) is 1. The predicted octanol–water partition coefficient (Wildman–Crippen LogP) is 5.13. The number of aromatic nitrogens is 2. The number of nitrogens with zero attached hydrogens (tertiary/aromatic N) is 3. The lowest BCUT2D eigenvalue weighted by atomic mass is 10.1. The Morgan fingerprint density at radius 1 is 1.21 bits per heavy atom. The monoisotopic (exact) mass is 420 g/mol. The van der Waals surface area contributed by atoms with Gasteiger partial charge in [-0.1, -0.05) is 17.7 Å². The summed E-state index contributed by atoms with van der Waals surface area (Å²) in [5, 5.41) is 3.73. The number of fused-ring (bicyclic) bond motifs is 1. The number of likely N-dealkylation sites (tertiary alicyclic amines) is 1. The Morgan fingerprint density at radius 2 is 1.96 bits per heavy atom. The summed E-state index contributed by atoms with van der Waals surface area (Å²) in [6.45, 7) is 3.30. The van der Waals surface area contributed by atoms with Gasteiger partial charge in [-0.15, -0.1) is 12.4 Å². The van der Waals surface area contributed by atoms with E-state index >= 15 is 0 Å². The van der Waals surface area contributed by atoms with Crippen LogP contribution in [0.3, 0.4) is 0 Å². The van der Waals surface area contributed by atoms with Crippen LogP contribution in [0.25, 0.3) is 11.0 Å². The second-order valence-corrected chi connectivity index (χ2v) is 7.00. The van der Waals surface area contributed by atoms with E-state index in [1.54, 1.807) is 17.0 Å². The average Bonchev–Trinajstić information content (AvgIpc) is 3.19. The third kappa shape index (κ3) is 3.75. The van der Waals surface area contributed by atoms with Crippen LogP contribution >= 0.6 is 24.0 Å². The van der Waals surface area contributed by atoms with E-state index in [1.165, 1.54) is 12.3 Å². The number of carbonyl (C=O) groups excluding carboxylic acids is 1. The number of aryl methyl sites for hydroxylation is 1. The lowest BCUT2D eigenvalue weighted by Gasteiger charge is -2.19. The van der Waals surface area contributed by atoms with Crippen molar-refractivity contribution in [1.82, 2.24) is 14.9 Å². The first-order valence-corrected chi connectivity index (χ1v) is 9.19. The SMILES string of the molecule is Cc1ccc2c(Nc3cccc(Cl)c3F)c(C(=O)N3CCCC3)cnc2n1.Cl. The summed E-state index contributed by atoms with van der Waals surface area (Å²) in [4.78, 5) is 23.6. The fraction of sp³-hybridized carbons (Fsp3) is 0.250. The van der Waals surface area contributed by atoms with Crippen molar-refractivity contribution in [2.45, 2.75) is 19.8 Å².